The van der Waals surface area contributed by atoms with Crippen LogP contribution in [-0.2, 0) is 33.2 Å². The van der Waals surface area contributed by atoms with Gasteiger partial charge in [-0.1, -0.05) is 455 Å². The summed E-state index contributed by atoms with van der Waals surface area (Å²) >= 11 is 0. The predicted octanol–water partition coefficient (Wildman–Crippen LogP) is 23.5. The predicted molar refractivity (Wildman–Crippen MR) is 469 cm³/mol. The Morgan fingerprint density at radius 3 is 0.653 bits per heavy atom. The lowest BCUT2D eigenvalue weighted by Gasteiger charge is -2.58. The van der Waals surface area contributed by atoms with E-state index < -0.39 is 101 Å². The molecule has 1 N–H and O–H groups in total. The van der Waals surface area contributed by atoms with Crippen LogP contribution >= 0.6 is 0 Å². The van der Waals surface area contributed by atoms with Crippen molar-refractivity contribution in [2.75, 3.05) is 6.54 Å². The third kappa shape index (κ3) is 22.5. The number of amides is 1. The highest BCUT2D eigenvalue weighted by atomic mass is 16.9. The molecule has 7 atom stereocenters. The van der Waals surface area contributed by atoms with Crippen molar-refractivity contribution in [3.63, 3.8) is 0 Å². The minimum absolute atomic E-state index is 0.00206. The molecule has 0 aliphatic rings. The zero-order valence-corrected chi connectivity index (χ0v) is 68.6. The molecule has 0 saturated carbocycles. The van der Waals surface area contributed by atoms with Crippen LogP contribution in [0.4, 0.5) is 0 Å². The second-order valence-electron chi connectivity index (χ2n) is 30.2. The van der Waals surface area contributed by atoms with Crippen molar-refractivity contribution < 1.29 is 67.1 Å². The smallest absolute Gasteiger partial charge is 0.351 e. The van der Waals surface area contributed by atoms with Gasteiger partial charge in [0.15, 0.2) is 65.2 Å². The Labute approximate surface area is 710 Å². The quantitative estimate of drug-likeness (QED) is 0.0215. The number of carbonyl (C=O) groups excluding carboxylic acids is 7. The summed E-state index contributed by atoms with van der Waals surface area (Å²) in [6.45, 7) is 3.41. The summed E-state index contributed by atoms with van der Waals surface area (Å²) in [6, 6.07) is 97.6. The van der Waals surface area contributed by atoms with E-state index in [0.717, 1.165) is 37.0 Å². The molecule has 12 aromatic carbocycles. The number of unbranched alkanes of at least 4 members (excludes halogenated alkanes) is 12. The van der Waals surface area contributed by atoms with Crippen LogP contribution < -0.4 is 0 Å². The first-order chi connectivity index (χ1) is 59.3. The summed E-state index contributed by atoms with van der Waals surface area (Å²) in [5.41, 5.74) is 0.279. The molecule has 121 heavy (non-hydrogen) atoms. The van der Waals surface area contributed by atoms with Gasteiger partial charge < -0.3 is 33.5 Å². The molecular formula is C106H105NO14. The van der Waals surface area contributed by atoms with Crippen molar-refractivity contribution in [3.05, 3.63) is 431 Å². The number of ketones is 6. The number of aliphatic hydroxyl groups is 1. The topological polar surface area (TPSA) is 198 Å². The van der Waals surface area contributed by atoms with Gasteiger partial charge in [0, 0.05) is 46.3 Å². The van der Waals surface area contributed by atoms with Crippen LogP contribution in [0.2, 0.25) is 0 Å². The van der Waals surface area contributed by atoms with Gasteiger partial charge >= 0.3 is 17.7 Å². The van der Waals surface area contributed by atoms with Crippen LogP contribution in [-0.4, -0.2) is 74.8 Å². The average Bonchev–Trinajstić information content (AvgIpc) is 0.692. The molecule has 0 aromatic heterocycles. The Morgan fingerprint density at radius 1 is 0.248 bits per heavy atom. The summed E-state index contributed by atoms with van der Waals surface area (Å²) in [6.07, 6.45) is -1.10. The molecular weight excluding hydrogens is 1510 g/mol. The summed E-state index contributed by atoms with van der Waals surface area (Å²) in [4.78, 5) is 121. The van der Waals surface area contributed by atoms with Crippen LogP contribution in [0.15, 0.2) is 364 Å². The number of benzene rings is 12. The molecule has 0 aliphatic carbocycles. The number of Topliss-reactive ketones (excluding diaryl/α,β-unsaturated/α-hetero) is 6. The molecule has 0 radical (unpaired) electrons. The molecule has 0 bridgehead atoms. The van der Waals surface area contributed by atoms with Crippen LogP contribution in [0.3, 0.4) is 0 Å². The van der Waals surface area contributed by atoms with Crippen molar-refractivity contribution in [1.29, 1.82) is 0 Å². The minimum atomic E-state index is -4.47. The Morgan fingerprint density at radius 2 is 0.438 bits per heavy atom. The van der Waals surface area contributed by atoms with Crippen LogP contribution in [0.5, 0.6) is 0 Å². The highest BCUT2D eigenvalue weighted by molar-refractivity contribution is 6.03. The van der Waals surface area contributed by atoms with E-state index in [1.165, 1.54) is 44.2 Å². The maximum Gasteiger partial charge on any atom is 0.351 e. The SMILES string of the molecule is CCCCCCCCCCCCCCCC(=O)N(CCC)C(OC(C(=O)c1ccccc1)c1ccccc1)(OC(C(=O)c1ccccc1)c1ccccc1)C(O)(OC(C(=O)c1ccccc1)c1ccccc1)C(OC(C(=O)c1ccccc1)c1ccccc1)(OC(C(=O)c1ccccc1)c1ccccc1)OC(C(=O)c1ccccc1)c1ccccc1. The van der Waals surface area contributed by atoms with Gasteiger partial charge in [-0.3, -0.25) is 38.5 Å². The van der Waals surface area contributed by atoms with Gasteiger partial charge in [0.1, 0.15) is 6.10 Å². The number of ether oxygens (including phenoxy) is 6. The zero-order valence-electron chi connectivity index (χ0n) is 68.6. The average molecular weight is 1620 g/mol. The molecule has 1 amide bonds. The molecule has 15 heteroatoms. The second kappa shape index (κ2) is 44.8. The van der Waals surface area contributed by atoms with Gasteiger partial charge in [0.25, 0.3) is 0 Å². The van der Waals surface area contributed by atoms with Gasteiger partial charge in [-0.25, -0.2) is 0 Å². The molecule has 0 fully saturated rings. The summed E-state index contributed by atoms with van der Waals surface area (Å²) in [7, 11) is 0. The molecule has 0 saturated heterocycles. The van der Waals surface area contributed by atoms with Gasteiger partial charge in [-0.2, -0.15) is 0 Å². The lowest BCUT2D eigenvalue weighted by molar-refractivity contribution is -0.579. The van der Waals surface area contributed by atoms with Crippen molar-refractivity contribution in [1.82, 2.24) is 4.90 Å². The van der Waals surface area contributed by atoms with E-state index in [2.05, 4.69) is 6.92 Å². The monoisotopic (exact) mass is 1620 g/mol. The number of carbonyl (C=O) groups is 7. The van der Waals surface area contributed by atoms with Gasteiger partial charge in [0.2, 0.25) is 5.91 Å². The summed E-state index contributed by atoms with van der Waals surface area (Å²) in [5.74, 6) is -18.6. The van der Waals surface area contributed by atoms with Crippen molar-refractivity contribution in [3.8, 4) is 0 Å². The fourth-order valence-corrected chi connectivity index (χ4v) is 15.1. The number of rotatable bonds is 49. The zero-order chi connectivity index (χ0) is 84.5. The number of hydrogen-bond acceptors (Lipinski definition) is 14. The molecule has 0 aliphatic heterocycles. The van der Waals surface area contributed by atoms with E-state index in [9.17, 15) is 0 Å². The molecule has 12 rings (SSSR count). The van der Waals surface area contributed by atoms with E-state index in [0.29, 0.717) is 12.8 Å². The first-order valence-corrected chi connectivity index (χ1v) is 42.2. The van der Waals surface area contributed by atoms with Crippen LogP contribution in [0, 0.1) is 0 Å². The third-order valence-electron chi connectivity index (χ3n) is 21.5. The molecule has 15 nitrogen and oxygen atoms in total. The first kappa shape index (κ1) is 88.1. The largest absolute Gasteiger partial charge is 0.353 e. The standard InChI is InChI=1S/C106H105NO14/c1-3-5-6-7-8-9-10-11-12-13-14-15-52-77-91(108)107(78-4-2)105(117-99(86-67-42-23-43-68-86)93(110)80-55-30-17-31-56-80,118-100(87-69-44-24-45-70-87)94(111)81-57-32-18-33-58-81)104(115,116-98(85-65-40-22-41-66-85)92(109)79-53-28-16-29-54-79)106(119-101(88-71-46-25-47-72-88)95(112)82-59-34-19-35-60-82,120-102(89-73-48-26-49-74-89)96(113)83-61-36-20-37-62-83)121-103(90-75-50-27-51-76-90)97(114)84-63-38-21-39-64-84/h16-51,53-76,98-103,115H,3-15,52,77-78H2,1-2H3. The highest BCUT2D eigenvalue weighted by Gasteiger charge is 2.79. The van der Waals surface area contributed by atoms with Gasteiger partial charge in [-0.15, -0.1) is 0 Å². The molecule has 0 heterocycles. The summed E-state index contributed by atoms with van der Waals surface area (Å²) < 4.78 is 48.9. The maximum atomic E-state index is 17.8. The Hall–Kier alpha value is -12.2. The Kier molecular flexibility index (Phi) is 32.6. The second-order valence-corrected chi connectivity index (χ2v) is 30.2. The van der Waals surface area contributed by atoms with Gasteiger partial charge in [0.05, 0.1) is 0 Å². The van der Waals surface area contributed by atoms with Crippen LogP contribution in [0.1, 0.15) is 242 Å². The van der Waals surface area contributed by atoms with Gasteiger partial charge in [-0.05, 0) is 46.2 Å². The third-order valence-corrected chi connectivity index (χ3v) is 21.5. The maximum absolute atomic E-state index is 17.8. The van der Waals surface area contributed by atoms with Crippen molar-refractivity contribution in [2.45, 2.75) is 164 Å². The Balaban J connectivity index is 1.30. The fourth-order valence-electron chi connectivity index (χ4n) is 15.1. The minimum Gasteiger partial charge on any atom is -0.353 e. The van der Waals surface area contributed by atoms with E-state index in [1.54, 1.807) is 359 Å². The van der Waals surface area contributed by atoms with Crippen molar-refractivity contribution in [2.24, 2.45) is 0 Å². The summed E-state index contributed by atoms with van der Waals surface area (Å²) in [5, 5.41) is 17.7. The fraction of sp³-hybridized carbons (Fsp3) is 0.255. The molecule has 0 spiro atoms. The normalized spacial score (nSPS) is 14.4. The van der Waals surface area contributed by atoms with E-state index in [1.807, 2.05) is 0 Å². The molecule has 618 valence electrons. The molecule has 12 aromatic rings. The highest BCUT2D eigenvalue weighted by Crippen LogP contribution is 2.56. The van der Waals surface area contributed by atoms with E-state index in [4.69, 9.17) is 28.4 Å². The van der Waals surface area contributed by atoms with E-state index >= 15 is 38.7 Å². The lowest BCUT2D eigenvalue weighted by Crippen LogP contribution is -2.80. The van der Waals surface area contributed by atoms with E-state index in [-0.39, 0.29) is 86.0 Å². The number of nitrogens with zero attached hydrogens (tertiary/aromatic N) is 1. The first-order valence-electron chi connectivity index (χ1n) is 42.2. The number of hydrogen-bond donors (Lipinski definition) is 1. The van der Waals surface area contributed by atoms with Crippen molar-refractivity contribution >= 4 is 40.6 Å². The lowest BCUT2D eigenvalue weighted by atomic mass is 9.94. The van der Waals surface area contributed by atoms with Crippen LogP contribution in [0.25, 0.3) is 0 Å². The Bertz CT molecular complexity index is 4850. The molecule has 7 unspecified atom stereocenters.